The average Bonchev–Trinajstić information content (AvgIpc) is 2.77. The second-order valence-corrected chi connectivity index (χ2v) is 7.29. The molecule has 1 amide bonds. The number of hydrogen-bond donors (Lipinski definition) is 3. The van der Waals surface area contributed by atoms with Crippen molar-refractivity contribution in [1.29, 1.82) is 0 Å². The summed E-state index contributed by atoms with van der Waals surface area (Å²) in [6.07, 6.45) is 0. The smallest absolute Gasteiger partial charge is 0.251 e. The van der Waals surface area contributed by atoms with E-state index >= 15 is 0 Å². The SMILES string of the molecule is CCNC(=NCc1ccc(C)cc1OCCOC)NCCNC(=O)c1ccc(C)c(F)c1. The Kier molecular flexibility index (Phi) is 10.5. The Bertz CT molecular complexity index is 918. The van der Waals surface area contributed by atoms with E-state index in [4.69, 9.17) is 9.47 Å². The quantitative estimate of drug-likeness (QED) is 0.282. The molecule has 3 N–H and O–H groups in total. The molecule has 2 aromatic rings. The maximum atomic E-state index is 13.6. The number of ether oxygens (including phenoxy) is 2. The molecule has 0 bridgehead atoms. The van der Waals surface area contributed by atoms with Crippen LogP contribution in [0.25, 0.3) is 0 Å². The van der Waals surface area contributed by atoms with Gasteiger partial charge in [-0.1, -0.05) is 18.2 Å². The number of carbonyl (C=O) groups excluding carboxylic acids is 1. The summed E-state index contributed by atoms with van der Waals surface area (Å²) in [6.45, 7) is 8.62. The summed E-state index contributed by atoms with van der Waals surface area (Å²) in [5.41, 5.74) is 2.89. The van der Waals surface area contributed by atoms with E-state index in [-0.39, 0.29) is 11.7 Å². The molecule has 0 unspecified atom stereocenters. The lowest BCUT2D eigenvalue weighted by molar-refractivity contribution is 0.0954. The Morgan fingerprint density at radius 2 is 1.81 bits per heavy atom. The fourth-order valence-electron chi connectivity index (χ4n) is 2.86. The van der Waals surface area contributed by atoms with Gasteiger partial charge in [0.2, 0.25) is 0 Å². The molecule has 2 aromatic carbocycles. The Balaban J connectivity index is 1.90. The molecule has 0 radical (unpaired) electrons. The summed E-state index contributed by atoms with van der Waals surface area (Å²) in [7, 11) is 1.64. The minimum Gasteiger partial charge on any atom is -0.491 e. The molecule has 174 valence electrons. The first kappa shape index (κ1) is 25.1. The number of halogens is 1. The predicted molar refractivity (Wildman–Crippen MR) is 125 cm³/mol. The lowest BCUT2D eigenvalue weighted by Crippen LogP contribution is -2.41. The zero-order chi connectivity index (χ0) is 23.3. The van der Waals surface area contributed by atoms with Crippen molar-refractivity contribution in [3.8, 4) is 5.75 Å². The maximum absolute atomic E-state index is 13.6. The number of aliphatic imine (C=N–C) groups is 1. The largest absolute Gasteiger partial charge is 0.491 e. The van der Waals surface area contributed by atoms with Gasteiger partial charge in [0.05, 0.1) is 13.2 Å². The number of nitrogens with zero attached hydrogens (tertiary/aromatic N) is 1. The van der Waals surface area contributed by atoms with Gasteiger partial charge in [-0.3, -0.25) is 4.79 Å². The van der Waals surface area contributed by atoms with Crippen LogP contribution in [-0.2, 0) is 11.3 Å². The lowest BCUT2D eigenvalue weighted by Gasteiger charge is -2.14. The third-order valence-electron chi connectivity index (χ3n) is 4.66. The van der Waals surface area contributed by atoms with Crippen LogP contribution in [0, 0.1) is 19.7 Å². The number of guanidine groups is 1. The van der Waals surface area contributed by atoms with Gasteiger partial charge in [0.25, 0.3) is 5.91 Å². The van der Waals surface area contributed by atoms with Crippen molar-refractivity contribution in [1.82, 2.24) is 16.0 Å². The van der Waals surface area contributed by atoms with Gasteiger partial charge < -0.3 is 25.4 Å². The first-order valence-electron chi connectivity index (χ1n) is 10.7. The van der Waals surface area contributed by atoms with E-state index < -0.39 is 0 Å². The molecule has 0 atom stereocenters. The van der Waals surface area contributed by atoms with Gasteiger partial charge in [-0.05, 0) is 50.1 Å². The number of benzene rings is 2. The van der Waals surface area contributed by atoms with E-state index in [1.54, 1.807) is 26.2 Å². The average molecular weight is 445 g/mol. The molecule has 0 aromatic heterocycles. The molecule has 0 spiro atoms. The molecule has 8 heteroatoms. The van der Waals surface area contributed by atoms with Crippen LogP contribution in [-0.4, -0.2) is 51.8 Å². The van der Waals surface area contributed by atoms with Crippen molar-refractivity contribution in [2.24, 2.45) is 4.99 Å². The van der Waals surface area contributed by atoms with E-state index in [9.17, 15) is 9.18 Å². The highest BCUT2D eigenvalue weighted by molar-refractivity contribution is 5.94. The molecule has 0 aliphatic heterocycles. The maximum Gasteiger partial charge on any atom is 0.251 e. The van der Waals surface area contributed by atoms with Crippen LogP contribution in [0.4, 0.5) is 4.39 Å². The van der Waals surface area contributed by atoms with Crippen molar-refractivity contribution >= 4 is 11.9 Å². The molecule has 0 heterocycles. The molecule has 0 aliphatic rings. The molecule has 7 nitrogen and oxygen atoms in total. The van der Waals surface area contributed by atoms with E-state index in [0.717, 1.165) is 16.9 Å². The van der Waals surface area contributed by atoms with E-state index in [1.165, 1.54) is 6.07 Å². The lowest BCUT2D eigenvalue weighted by atomic mass is 10.1. The summed E-state index contributed by atoms with van der Waals surface area (Å²) in [6, 6.07) is 10.5. The zero-order valence-electron chi connectivity index (χ0n) is 19.3. The standard InChI is InChI=1S/C24H33FN4O3/c1-5-26-24(28-11-10-27-23(30)19-9-7-18(3)21(25)15-19)29-16-20-8-6-17(2)14-22(20)32-13-12-31-4/h6-9,14-15H,5,10-13,16H2,1-4H3,(H,27,30)(H2,26,28,29). The zero-order valence-corrected chi connectivity index (χ0v) is 19.3. The molecule has 2 rings (SSSR count). The van der Waals surface area contributed by atoms with Crippen LogP contribution in [0.15, 0.2) is 41.4 Å². The van der Waals surface area contributed by atoms with Crippen molar-refractivity contribution in [2.75, 3.05) is 40.0 Å². The van der Waals surface area contributed by atoms with Crippen LogP contribution in [0.5, 0.6) is 5.75 Å². The van der Waals surface area contributed by atoms with Gasteiger partial charge in [0, 0.05) is 37.9 Å². The fourth-order valence-corrected chi connectivity index (χ4v) is 2.86. The highest BCUT2D eigenvalue weighted by Gasteiger charge is 2.08. The number of methoxy groups -OCH3 is 1. The van der Waals surface area contributed by atoms with Crippen molar-refractivity contribution in [3.05, 3.63) is 64.5 Å². The number of amides is 1. The first-order chi connectivity index (χ1) is 15.4. The summed E-state index contributed by atoms with van der Waals surface area (Å²) in [5, 5.41) is 9.15. The third kappa shape index (κ3) is 8.19. The Labute approximate surface area is 189 Å². The van der Waals surface area contributed by atoms with Crippen LogP contribution >= 0.6 is 0 Å². The second kappa shape index (κ2) is 13.3. The summed E-state index contributed by atoms with van der Waals surface area (Å²) in [4.78, 5) is 16.8. The normalized spacial score (nSPS) is 11.2. The van der Waals surface area contributed by atoms with E-state index in [2.05, 4.69) is 20.9 Å². The Morgan fingerprint density at radius 3 is 2.53 bits per heavy atom. The van der Waals surface area contributed by atoms with Gasteiger partial charge in [0.15, 0.2) is 5.96 Å². The van der Waals surface area contributed by atoms with Crippen LogP contribution < -0.4 is 20.7 Å². The summed E-state index contributed by atoms with van der Waals surface area (Å²) in [5.74, 6) is 0.718. The van der Waals surface area contributed by atoms with Crippen LogP contribution in [0.3, 0.4) is 0 Å². The number of carbonyl (C=O) groups is 1. The van der Waals surface area contributed by atoms with Gasteiger partial charge >= 0.3 is 0 Å². The van der Waals surface area contributed by atoms with Gasteiger partial charge in [-0.25, -0.2) is 9.38 Å². The number of aryl methyl sites for hydroxylation is 2. The van der Waals surface area contributed by atoms with Crippen molar-refractivity contribution in [3.63, 3.8) is 0 Å². The monoisotopic (exact) mass is 444 g/mol. The van der Waals surface area contributed by atoms with Crippen molar-refractivity contribution in [2.45, 2.75) is 27.3 Å². The highest BCUT2D eigenvalue weighted by Crippen LogP contribution is 2.21. The topological polar surface area (TPSA) is 84.0 Å². The summed E-state index contributed by atoms with van der Waals surface area (Å²) >= 11 is 0. The second-order valence-electron chi connectivity index (χ2n) is 7.29. The number of nitrogens with one attached hydrogen (secondary N) is 3. The Hall–Kier alpha value is -3.13. The van der Waals surface area contributed by atoms with E-state index in [1.807, 2.05) is 32.0 Å². The number of hydrogen-bond acceptors (Lipinski definition) is 4. The van der Waals surface area contributed by atoms with Gasteiger partial charge in [-0.2, -0.15) is 0 Å². The van der Waals surface area contributed by atoms with Crippen LogP contribution in [0.2, 0.25) is 0 Å². The van der Waals surface area contributed by atoms with Crippen LogP contribution in [0.1, 0.15) is 34.0 Å². The Morgan fingerprint density at radius 1 is 1.03 bits per heavy atom. The minimum absolute atomic E-state index is 0.300. The summed E-state index contributed by atoms with van der Waals surface area (Å²) < 4.78 is 24.5. The molecule has 0 saturated carbocycles. The molecular formula is C24H33FN4O3. The predicted octanol–water partition coefficient (Wildman–Crippen LogP) is 2.95. The molecular weight excluding hydrogens is 411 g/mol. The van der Waals surface area contributed by atoms with Crippen molar-refractivity contribution < 1.29 is 18.7 Å². The molecule has 0 saturated heterocycles. The van der Waals surface area contributed by atoms with Gasteiger partial charge in [-0.15, -0.1) is 0 Å². The molecule has 32 heavy (non-hydrogen) atoms. The fraction of sp³-hybridized carbons (Fsp3) is 0.417. The van der Waals surface area contributed by atoms with Gasteiger partial charge in [0.1, 0.15) is 18.2 Å². The first-order valence-corrected chi connectivity index (χ1v) is 10.7. The highest BCUT2D eigenvalue weighted by atomic mass is 19.1. The minimum atomic E-state index is -0.390. The van der Waals surface area contributed by atoms with E-state index in [0.29, 0.717) is 56.5 Å². The third-order valence-corrected chi connectivity index (χ3v) is 4.66. The number of rotatable bonds is 11. The molecule has 0 fully saturated rings. The molecule has 0 aliphatic carbocycles.